The third-order valence-corrected chi connectivity index (χ3v) is 3.50. The van der Waals surface area contributed by atoms with Gasteiger partial charge in [-0.15, -0.1) is 0 Å². The Morgan fingerprint density at radius 1 is 1.00 bits per heavy atom. The molecular weight excluding hydrogens is 342 g/mol. The van der Waals surface area contributed by atoms with Crippen molar-refractivity contribution in [2.45, 2.75) is 5.33 Å². The maximum Gasteiger partial charge on any atom is 0.146 e. The second-order valence-electron chi connectivity index (χ2n) is 3.58. The first kappa shape index (κ1) is 13.7. The molecule has 0 unspecified atom stereocenters. The highest BCUT2D eigenvalue weighted by atomic mass is 79.9. The topological polar surface area (TPSA) is 9.23 Å². The van der Waals surface area contributed by atoms with Crippen LogP contribution in [0.2, 0.25) is 10.0 Å². The minimum absolute atomic E-state index is 0.204. The summed E-state index contributed by atoms with van der Waals surface area (Å²) in [6, 6.07) is 9.36. The van der Waals surface area contributed by atoms with Gasteiger partial charge in [0.25, 0.3) is 0 Å². The lowest BCUT2D eigenvalue weighted by Crippen LogP contribution is -1.88. The van der Waals surface area contributed by atoms with Crippen LogP contribution in [0.5, 0.6) is 11.5 Å². The maximum absolute atomic E-state index is 12.9. The molecule has 0 saturated heterocycles. The number of halogens is 4. The van der Waals surface area contributed by atoms with E-state index in [-0.39, 0.29) is 5.02 Å². The van der Waals surface area contributed by atoms with Crippen LogP contribution in [-0.2, 0) is 5.33 Å². The molecular formula is C13H8BrCl2FO. The standard InChI is InChI=1S/C13H8BrCl2FO/c14-7-8-1-3-12(10(15)5-8)18-13-4-2-9(17)6-11(13)16/h1-6H,7H2. The van der Waals surface area contributed by atoms with Crippen molar-refractivity contribution in [2.75, 3.05) is 0 Å². The van der Waals surface area contributed by atoms with Gasteiger partial charge in [-0.3, -0.25) is 0 Å². The zero-order valence-electron chi connectivity index (χ0n) is 9.09. The molecule has 0 radical (unpaired) electrons. The lowest BCUT2D eigenvalue weighted by Gasteiger charge is -2.09. The number of hydrogen-bond acceptors (Lipinski definition) is 1. The van der Waals surface area contributed by atoms with Crippen molar-refractivity contribution in [3.63, 3.8) is 0 Å². The minimum atomic E-state index is -0.409. The molecule has 0 fully saturated rings. The summed E-state index contributed by atoms with van der Waals surface area (Å²) >= 11 is 15.3. The van der Waals surface area contributed by atoms with Crippen LogP contribution in [0.3, 0.4) is 0 Å². The predicted octanol–water partition coefficient (Wildman–Crippen LogP) is 5.82. The zero-order chi connectivity index (χ0) is 13.1. The van der Waals surface area contributed by atoms with E-state index in [2.05, 4.69) is 15.9 Å². The summed E-state index contributed by atoms with van der Waals surface area (Å²) in [4.78, 5) is 0. The van der Waals surface area contributed by atoms with E-state index in [9.17, 15) is 4.39 Å². The summed E-state index contributed by atoms with van der Waals surface area (Å²) in [5, 5.41) is 1.40. The van der Waals surface area contributed by atoms with Crippen LogP contribution in [0.25, 0.3) is 0 Å². The molecule has 94 valence electrons. The Morgan fingerprint density at radius 2 is 1.61 bits per heavy atom. The van der Waals surface area contributed by atoms with Gasteiger partial charge in [0.05, 0.1) is 10.0 Å². The van der Waals surface area contributed by atoms with E-state index in [4.69, 9.17) is 27.9 Å². The van der Waals surface area contributed by atoms with Gasteiger partial charge in [0.2, 0.25) is 0 Å². The van der Waals surface area contributed by atoms with Gasteiger partial charge in [-0.1, -0.05) is 45.2 Å². The Kier molecular flexibility index (Phi) is 4.49. The second kappa shape index (κ2) is 5.91. The fourth-order valence-corrected chi connectivity index (χ4v) is 2.18. The number of benzene rings is 2. The Bertz CT molecular complexity index is 575. The molecule has 2 aromatic carbocycles. The first-order valence-electron chi connectivity index (χ1n) is 5.07. The molecule has 0 amide bonds. The van der Waals surface area contributed by atoms with Gasteiger partial charge in [-0.05, 0) is 35.9 Å². The molecule has 1 nitrogen and oxygen atoms in total. The quantitative estimate of drug-likeness (QED) is 0.634. The summed E-state index contributed by atoms with van der Waals surface area (Å²) < 4.78 is 18.4. The molecule has 0 bridgehead atoms. The first-order chi connectivity index (χ1) is 8.60. The summed E-state index contributed by atoms with van der Waals surface area (Å²) in [7, 11) is 0. The fraction of sp³-hybridized carbons (Fsp3) is 0.0769. The van der Waals surface area contributed by atoms with Crippen LogP contribution < -0.4 is 4.74 Å². The minimum Gasteiger partial charge on any atom is -0.454 e. The van der Waals surface area contributed by atoms with E-state index in [1.54, 1.807) is 12.1 Å². The van der Waals surface area contributed by atoms with Crippen molar-refractivity contribution in [3.05, 3.63) is 57.8 Å². The van der Waals surface area contributed by atoms with E-state index in [0.29, 0.717) is 21.9 Å². The average Bonchev–Trinajstić information content (AvgIpc) is 2.34. The third kappa shape index (κ3) is 3.16. The Morgan fingerprint density at radius 3 is 2.17 bits per heavy atom. The number of rotatable bonds is 3. The van der Waals surface area contributed by atoms with Crippen molar-refractivity contribution < 1.29 is 9.13 Å². The third-order valence-electron chi connectivity index (χ3n) is 2.26. The van der Waals surface area contributed by atoms with Crippen molar-refractivity contribution in [3.8, 4) is 11.5 Å². The van der Waals surface area contributed by atoms with Crippen molar-refractivity contribution >= 4 is 39.1 Å². The fourth-order valence-electron chi connectivity index (χ4n) is 1.39. The summed E-state index contributed by atoms with van der Waals surface area (Å²) in [6.45, 7) is 0. The molecule has 0 aromatic heterocycles. The van der Waals surface area contributed by atoms with Gasteiger partial charge in [0.1, 0.15) is 17.3 Å². The van der Waals surface area contributed by atoms with Crippen molar-refractivity contribution in [2.24, 2.45) is 0 Å². The zero-order valence-corrected chi connectivity index (χ0v) is 12.2. The van der Waals surface area contributed by atoms with Gasteiger partial charge in [0.15, 0.2) is 0 Å². The summed E-state index contributed by atoms with van der Waals surface area (Å²) in [6.07, 6.45) is 0. The molecule has 0 saturated carbocycles. The van der Waals surface area contributed by atoms with Crippen LogP contribution in [-0.4, -0.2) is 0 Å². The molecule has 5 heteroatoms. The van der Waals surface area contributed by atoms with E-state index >= 15 is 0 Å². The second-order valence-corrected chi connectivity index (χ2v) is 4.95. The highest BCUT2D eigenvalue weighted by molar-refractivity contribution is 9.08. The number of ether oxygens (including phenoxy) is 1. The molecule has 0 aliphatic carbocycles. The normalized spacial score (nSPS) is 10.4. The van der Waals surface area contributed by atoms with Crippen molar-refractivity contribution in [1.29, 1.82) is 0 Å². The van der Waals surface area contributed by atoms with Gasteiger partial charge in [-0.2, -0.15) is 0 Å². The summed E-state index contributed by atoms with van der Waals surface area (Å²) in [5.41, 5.74) is 1.04. The highest BCUT2D eigenvalue weighted by Crippen LogP contribution is 2.34. The monoisotopic (exact) mass is 348 g/mol. The molecule has 0 atom stereocenters. The van der Waals surface area contributed by atoms with E-state index in [1.165, 1.54) is 18.2 Å². The van der Waals surface area contributed by atoms with Crippen LogP contribution in [0, 0.1) is 5.82 Å². The molecule has 2 aromatic rings. The summed E-state index contributed by atoms with van der Waals surface area (Å²) in [5.74, 6) is 0.439. The molecule has 0 aliphatic rings. The maximum atomic E-state index is 12.9. The largest absolute Gasteiger partial charge is 0.454 e. The van der Waals surface area contributed by atoms with Crippen molar-refractivity contribution in [1.82, 2.24) is 0 Å². The molecule has 18 heavy (non-hydrogen) atoms. The van der Waals surface area contributed by atoms with E-state index < -0.39 is 5.82 Å². The van der Waals surface area contributed by atoms with Crippen LogP contribution in [0.4, 0.5) is 4.39 Å². The molecule has 0 heterocycles. The number of alkyl halides is 1. The van der Waals surface area contributed by atoms with Gasteiger partial charge in [-0.25, -0.2) is 4.39 Å². The smallest absolute Gasteiger partial charge is 0.146 e. The van der Waals surface area contributed by atoms with Crippen LogP contribution >= 0.6 is 39.1 Å². The molecule has 0 N–H and O–H groups in total. The lowest BCUT2D eigenvalue weighted by atomic mass is 10.2. The van der Waals surface area contributed by atoms with Gasteiger partial charge < -0.3 is 4.74 Å². The predicted molar refractivity (Wildman–Crippen MR) is 75.6 cm³/mol. The van der Waals surface area contributed by atoms with E-state index in [1.807, 2.05) is 6.07 Å². The molecule has 2 rings (SSSR count). The molecule has 0 aliphatic heterocycles. The average molecular weight is 350 g/mol. The Labute approximate surface area is 123 Å². The van der Waals surface area contributed by atoms with E-state index in [0.717, 1.165) is 5.56 Å². The Balaban J connectivity index is 2.28. The van der Waals surface area contributed by atoms with Crippen LogP contribution in [0.1, 0.15) is 5.56 Å². The Hall–Kier alpha value is -0.770. The lowest BCUT2D eigenvalue weighted by molar-refractivity contribution is 0.481. The SMILES string of the molecule is Fc1ccc(Oc2ccc(CBr)cc2Cl)c(Cl)c1. The van der Waals surface area contributed by atoms with Crippen LogP contribution in [0.15, 0.2) is 36.4 Å². The molecule has 0 spiro atoms. The van der Waals surface area contributed by atoms with Gasteiger partial charge >= 0.3 is 0 Å². The highest BCUT2D eigenvalue weighted by Gasteiger charge is 2.08. The van der Waals surface area contributed by atoms with Gasteiger partial charge in [0, 0.05) is 5.33 Å². The first-order valence-corrected chi connectivity index (χ1v) is 6.95. The number of hydrogen-bond donors (Lipinski definition) is 0.